The minimum absolute atomic E-state index is 0.645. The van der Waals surface area contributed by atoms with E-state index in [2.05, 4.69) is 16.4 Å². The van der Waals surface area contributed by atoms with E-state index >= 15 is 0 Å². The van der Waals surface area contributed by atoms with Crippen LogP contribution in [0.2, 0.25) is 0 Å². The van der Waals surface area contributed by atoms with E-state index in [4.69, 9.17) is 5.26 Å². The third-order valence-electron chi connectivity index (χ3n) is 1.96. The molecule has 0 aliphatic carbocycles. The van der Waals surface area contributed by atoms with Gasteiger partial charge in [0, 0.05) is 26.3 Å². The summed E-state index contributed by atoms with van der Waals surface area (Å²) in [5, 5.41) is 11.8. The van der Waals surface area contributed by atoms with Gasteiger partial charge in [0.15, 0.2) is 0 Å². The number of nitrogens with one attached hydrogen (secondary N) is 1. The van der Waals surface area contributed by atoms with E-state index in [0.717, 1.165) is 18.9 Å². The second-order valence-electron chi connectivity index (χ2n) is 3.04. The number of likely N-dealkylation sites (N-methyl/N-ethyl adjacent to an activating group) is 2. The molecule has 0 fully saturated rings. The lowest BCUT2D eigenvalue weighted by molar-refractivity contribution is 0.761. The maximum atomic E-state index is 8.71. The molecule has 74 valence electrons. The molecule has 0 saturated heterocycles. The Hall–Kier alpha value is -1.60. The summed E-state index contributed by atoms with van der Waals surface area (Å²) in [5.41, 5.74) is 0.645. The fourth-order valence-electron chi connectivity index (χ4n) is 1.09. The van der Waals surface area contributed by atoms with Crippen LogP contribution in [0, 0.1) is 11.3 Å². The number of aromatic nitrogens is 1. The van der Waals surface area contributed by atoms with Gasteiger partial charge >= 0.3 is 0 Å². The first-order valence-corrected chi connectivity index (χ1v) is 4.50. The maximum absolute atomic E-state index is 8.71. The van der Waals surface area contributed by atoms with E-state index in [9.17, 15) is 0 Å². The van der Waals surface area contributed by atoms with Crippen LogP contribution in [-0.4, -0.2) is 32.2 Å². The van der Waals surface area contributed by atoms with Gasteiger partial charge in [-0.3, -0.25) is 0 Å². The van der Waals surface area contributed by atoms with Crippen LogP contribution < -0.4 is 10.2 Å². The van der Waals surface area contributed by atoms with Crippen LogP contribution in [0.25, 0.3) is 0 Å². The van der Waals surface area contributed by atoms with Gasteiger partial charge in [0.25, 0.3) is 0 Å². The van der Waals surface area contributed by atoms with Gasteiger partial charge in [-0.25, -0.2) is 4.98 Å². The number of anilines is 1. The number of hydrogen-bond acceptors (Lipinski definition) is 4. The van der Waals surface area contributed by atoms with Crippen LogP contribution in [0.3, 0.4) is 0 Å². The number of nitriles is 1. The quantitative estimate of drug-likeness (QED) is 0.755. The van der Waals surface area contributed by atoms with Crippen molar-refractivity contribution in [1.82, 2.24) is 10.3 Å². The Kier molecular flexibility index (Phi) is 3.89. The van der Waals surface area contributed by atoms with Gasteiger partial charge in [0.05, 0.1) is 11.6 Å². The Bertz CT molecular complexity index is 329. The highest BCUT2D eigenvalue weighted by molar-refractivity contribution is 5.44. The van der Waals surface area contributed by atoms with E-state index in [0.29, 0.717) is 5.56 Å². The molecule has 1 N–H and O–H groups in total. The molecule has 0 radical (unpaired) electrons. The first-order valence-electron chi connectivity index (χ1n) is 4.50. The maximum Gasteiger partial charge on any atom is 0.129 e. The van der Waals surface area contributed by atoms with Crippen LogP contribution in [0.1, 0.15) is 5.56 Å². The molecule has 14 heavy (non-hydrogen) atoms. The minimum atomic E-state index is 0.645. The second kappa shape index (κ2) is 5.20. The molecule has 0 aromatic carbocycles. The van der Waals surface area contributed by atoms with Gasteiger partial charge in [0.1, 0.15) is 5.82 Å². The molecule has 1 rings (SSSR count). The van der Waals surface area contributed by atoms with Crippen molar-refractivity contribution in [2.75, 3.05) is 32.1 Å². The monoisotopic (exact) mass is 190 g/mol. The van der Waals surface area contributed by atoms with Crippen LogP contribution >= 0.6 is 0 Å². The Morgan fingerprint density at radius 1 is 1.64 bits per heavy atom. The summed E-state index contributed by atoms with van der Waals surface area (Å²) in [6.07, 6.45) is 1.66. The number of hydrogen-bond donors (Lipinski definition) is 1. The van der Waals surface area contributed by atoms with Gasteiger partial charge in [-0.15, -0.1) is 0 Å². The summed E-state index contributed by atoms with van der Waals surface area (Å²) in [6.45, 7) is 1.77. The third-order valence-corrected chi connectivity index (χ3v) is 1.96. The van der Waals surface area contributed by atoms with Crippen molar-refractivity contribution in [3.05, 3.63) is 23.9 Å². The van der Waals surface area contributed by atoms with Crippen molar-refractivity contribution < 1.29 is 0 Å². The lowest BCUT2D eigenvalue weighted by Gasteiger charge is -2.17. The molecule has 0 saturated carbocycles. The molecule has 0 unspecified atom stereocenters. The zero-order valence-corrected chi connectivity index (χ0v) is 8.49. The first kappa shape index (κ1) is 10.5. The number of nitrogens with zero attached hydrogens (tertiary/aromatic N) is 3. The minimum Gasteiger partial charge on any atom is -0.358 e. The van der Waals surface area contributed by atoms with Gasteiger partial charge in [-0.1, -0.05) is 0 Å². The molecule has 0 aliphatic rings. The fraction of sp³-hybridized carbons (Fsp3) is 0.400. The van der Waals surface area contributed by atoms with Crippen molar-refractivity contribution in [3.63, 3.8) is 0 Å². The molecule has 1 aromatic rings. The topological polar surface area (TPSA) is 52.0 Å². The van der Waals surface area contributed by atoms with Crippen LogP contribution in [-0.2, 0) is 0 Å². The van der Waals surface area contributed by atoms with Gasteiger partial charge < -0.3 is 10.2 Å². The average Bonchev–Trinajstić information content (AvgIpc) is 2.26. The van der Waals surface area contributed by atoms with Gasteiger partial charge in [-0.2, -0.15) is 5.26 Å². The van der Waals surface area contributed by atoms with E-state index in [1.54, 1.807) is 18.3 Å². The second-order valence-corrected chi connectivity index (χ2v) is 3.04. The van der Waals surface area contributed by atoms with Crippen molar-refractivity contribution in [3.8, 4) is 6.07 Å². The largest absolute Gasteiger partial charge is 0.358 e. The standard InChI is InChI=1S/C10H14N4/c1-12-5-6-14(2)10-7-9(8-11)3-4-13-10/h3-4,7,12H,5-6H2,1-2H3. The molecule has 0 amide bonds. The smallest absolute Gasteiger partial charge is 0.129 e. The molecule has 0 atom stereocenters. The molecular weight excluding hydrogens is 176 g/mol. The summed E-state index contributed by atoms with van der Waals surface area (Å²) in [5.74, 6) is 0.833. The van der Waals surface area contributed by atoms with Gasteiger partial charge in [-0.05, 0) is 19.2 Å². The predicted octanol–water partition coefficient (Wildman–Crippen LogP) is 0.609. The highest BCUT2D eigenvalue weighted by Gasteiger charge is 2.01. The third kappa shape index (κ3) is 2.71. The number of rotatable bonds is 4. The molecule has 1 aromatic heterocycles. The Morgan fingerprint density at radius 3 is 3.07 bits per heavy atom. The number of pyridine rings is 1. The van der Waals surface area contributed by atoms with E-state index in [1.807, 2.05) is 19.0 Å². The first-order chi connectivity index (χ1) is 6.77. The predicted molar refractivity (Wildman–Crippen MR) is 56.1 cm³/mol. The Morgan fingerprint density at radius 2 is 2.43 bits per heavy atom. The highest BCUT2D eigenvalue weighted by atomic mass is 15.2. The van der Waals surface area contributed by atoms with Crippen molar-refractivity contribution in [1.29, 1.82) is 5.26 Å². The molecular formula is C10H14N4. The van der Waals surface area contributed by atoms with Crippen LogP contribution in [0.5, 0.6) is 0 Å². The molecule has 0 aliphatic heterocycles. The zero-order chi connectivity index (χ0) is 10.4. The fourth-order valence-corrected chi connectivity index (χ4v) is 1.09. The Balaban J connectivity index is 2.70. The Labute approximate surface area is 84.2 Å². The average molecular weight is 190 g/mol. The van der Waals surface area contributed by atoms with Gasteiger partial charge in [0.2, 0.25) is 0 Å². The van der Waals surface area contributed by atoms with Crippen LogP contribution in [0.15, 0.2) is 18.3 Å². The molecule has 4 nitrogen and oxygen atoms in total. The zero-order valence-electron chi connectivity index (χ0n) is 8.49. The van der Waals surface area contributed by atoms with Crippen molar-refractivity contribution in [2.45, 2.75) is 0 Å². The molecule has 0 spiro atoms. The lowest BCUT2D eigenvalue weighted by atomic mass is 10.3. The molecule has 0 bridgehead atoms. The molecule has 4 heteroatoms. The van der Waals surface area contributed by atoms with Crippen molar-refractivity contribution in [2.24, 2.45) is 0 Å². The summed E-state index contributed by atoms with van der Waals surface area (Å²) in [4.78, 5) is 6.20. The summed E-state index contributed by atoms with van der Waals surface area (Å²) >= 11 is 0. The summed E-state index contributed by atoms with van der Waals surface area (Å²) < 4.78 is 0. The summed E-state index contributed by atoms with van der Waals surface area (Å²) in [7, 11) is 3.87. The van der Waals surface area contributed by atoms with E-state index < -0.39 is 0 Å². The summed E-state index contributed by atoms with van der Waals surface area (Å²) in [6, 6.07) is 5.59. The van der Waals surface area contributed by atoms with E-state index in [-0.39, 0.29) is 0 Å². The highest BCUT2D eigenvalue weighted by Crippen LogP contribution is 2.09. The van der Waals surface area contributed by atoms with Crippen LogP contribution in [0.4, 0.5) is 5.82 Å². The normalized spacial score (nSPS) is 9.50. The SMILES string of the molecule is CNCCN(C)c1cc(C#N)ccn1. The van der Waals surface area contributed by atoms with E-state index in [1.165, 1.54) is 0 Å². The molecule has 1 heterocycles. The van der Waals surface area contributed by atoms with Crippen molar-refractivity contribution >= 4 is 5.82 Å². The lowest BCUT2D eigenvalue weighted by Crippen LogP contribution is -2.27.